The zero-order valence-corrected chi connectivity index (χ0v) is 8.51. The molecule has 0 aliphatic heterocycles. The van der Waals surface area contributed by atoms with Crippen molar-refractivity contribution in [1.29, 1.82) is 0 Å². The van der Waals surface area contributed by atoms with Crippen LogP contribution in [0.3, 0.4) is 0 Å². The first-order chi connectivity index (χ1) is 7.50. The minimum atomic E-state index is -1.08. The second-order valence-electron chi connectivity index (χ2n) is 3.27. The highest BCUT2D eigenvalue weighted by molar-refractivity contribution is 5.93. The number of carbonyl (C=O) groups is 2. The fourth-order valence-electron chi connectivity index (χ4n) is 1.10. The number of benzene rings is 1. The van der Waals surface area contributed by atoms with Crippen molar-refractivity contribution in [2.24, 2.45) is 11.5 Å². The summed E-state index contributed by atoms with van der Waals surface area (Å²) >= 11 is 0. The van der Waals surface area contributed by atoms with E-state index in [0.29, 0.717) is 11.3 Å². The molecule has 0 aliphatic rings. The Balaban J connectivity index is 2.64. The normalized spacial score (nSPS) is 11.8. The van der Waals surface area contributed by atoms with Gasteiger partial charge in [-0.05, 0) is 18.2 Å². The van der Waals surface area contributed by atoms with Crippen molar-refractivity contribution >= 4 is 17.6 Å². The minimum Gasteiger partial charge on any atom is -0.480 e. The monoisotopic (exact) mass is 223 g/mol. The molecule has 0 radical (unpaired) electrons. The minimum absolute atomic E-state index is 0.0809. The van der Waals surface area contributed by atoms with E-state index < -0.39 is 17.9 Å². The van der Waals surface area contributed by atoms with Crippen LogP contribution in [0.2, 0.25) is 0 Å². The van der Waals surface area contributed by atoms with Crippen LogP contribution in [-0.2, 0) is 4.79 Å². The molecule has 1 aromatic carbocycles. The Labute approximate surface area is 92.2 Å². The quantitative estimate of drug-likeness (QED) is 0.542. The molecule has 0 saturated heterocycles. The maximum absolute atomic E-state index is 10.9. The van der Waals surface area contributed by atoms with Gasteiger partial charge in [0.2, 0.25) is 5.91 Å². The fraction of sp³-hybridized carbons (Fsp3) is 0.200. The number of nitrogens with two attached hydrogens (primary N) is 2. The van der Waals surface area contributed by atoms with Gasteiger partial charge in [0, 0.05) is 17.8 Å². The standard InChI is InChI=1S/C10H13N3O3/c11-8(10(15)16)5-13-7-3-1-2-6(4-7)9(12)14/h1-4,8,13H,5,11H2,(H2,12,14)(H,15,16). The molecule has 0 heterocycles. The molecule has 1 unspecified atom stereocenters. The number of carboxylic acid groups (broad SMARTS) is 1. The zero-order chi connectivity index (χ0) is 12.1. The first-order valence-corrected chi connectivity index (χ1v) is 4.63. The molecule has 1 amide bonds. The van der Waals surface area contributed by atoms with Crippen LogP contribution in [0.5, 0.6) is 0 Å². The number of nitrogens with one attached hydrogen (secondary N) is 1. The van der Waals surface area contributed by atoms with Crippen molar-refractivity contribution < 1.29 is 14.7 Å². The summed E-state index contributed by atoms with van der Waals surface area (Å²) in [6.45, 7) is 0.0809. The van der Waals surface area contributed by atoms with Crippen LogP contribution in [0.1, 0.15) is 10.4 Å². The van der Waals surface area contributed by atoms with Crippen molar-refractivity contribution in [3.63, 3.8) is 0 Å². The molecule has 6 N–H and O–H groups in total. The first-order valence-electron chi connectivity index (χ1n) is 4.63. The topological polar surface area (TPSA) is 118 Å². The summed E-state index contributed by atoms with van der Waals surface area (Å²) in [6.07, 6.45) is 0. The predicted molar refractivity (Wildman–Crippen MR) is 59.1 cm³/mol. The fourth-order valence-corrected chi connectivity index (χ4v) is 1.10. The van der Waals surface area contributed by atoms with Gasteiger partial charge in [-0.15, -0.1) is 0 Å². The van der Waals surface area contributed by atoms with Crippen LogP contribution in [-0.4, -0.2) is 29.6 Å². The third kappa shape index (κ3) is 3.25. The summed E-state index contributed by atoms with van der Waals surface area (Å²) in [5.74, 6) is -1.62. The van der Waals surface area contributed by atoms with Gasteiger partial charge >= 0.3 is 5.97 Å². The molecule has 1 aromatic rings. The number of carbonyl (C=O) groups excluding carboxylic acids is 1. The van der Waals surface area contributed by atoms with Gasteiger partial charge < -0.3 is 21.9 Å². The molecule has 0 aromatic heterocycles. The van der Waals surface area contributed by atoms with E-state index in [4.69, 9.17) is 16.6 Å². The Hall–Kier alpha value is -2.08. The Bertz CT molecular complexity index is 406. The second-order valence-corrected chi connectivity index (χ2v) is 3.27. The first kappa shape index (κ1) is 12.0. The number of amides is 1. The molecule has 6 nitrogen and oxygen atoms in total. The molecular weight excluding hydrogens is 210 g/mol. The lowest BCUT2D eigenvalue weighted by atomic mass is 10.2. The third-order valence-corrected chi connectivity index (χ3v) is 1.99. The van der Waals surface area contributed by atoms with Gasteiger partial charge in [-0.25, -0.2) is 0 Å². The number of hydrogen-bond acceptors (Lipinski definition) is 4. The van der Waals surface area contributed by atoms with Gasteiger partial charge in [0.15, 0.2) is 0 Å². The van der Waals surface area contributed by atoms with Crippen LogP contribution < -0.4 is 16.8 Å². The van der Waals surface area contributed by atoms with Crippen LogP contribution in [0.15, 0.2) is 24.3 Å². The van der Waals surface area contributed by atoms with Crippen molar-refractivity contribution in [3.05, 3.63) is 29.8 Å². The molecule has 86 valence electrons. The Morgan fingerprint density at radius 2 is 2.12 bits per heavy atom. The van der Waals surface area contributed by atoms with E-state index in [-0.39, 0.29) is 6.54 Å². The predicted octanol–water partition coefficient (Wildman–Crippen LogP) is -0.391. The van der Waals surface area contributed by atoms with E-state index in [2.05, 4.69) is 5.32 Å². The van der Waals surface area contributed by atoms with Crippen molar-refractivity contribution in [2.75, 3.05) is 11.9 Å². The highest BCUT2D eigenvalue weighted by atomic mass is 16.4. The molecule has 0 spiro atoms. The highest BCUT2D eigenvalue weighted by Crippen LogP contribution is 2.09. The average Bonchev–Trinajstić information content (AvgIpc) is 2.26. The summed E-state index contributed by atoms with van der Waals surface area (Å²) in [6, 6.07) is 5.47. The summed E-state index contributed by atoms with van der Waals surface area (Å²) in [4.78, 5) is 21.3. The molecular formula is C10H13N3O3. The average molecular weight is 223 g/mol. The Kier molecular flexibility index (Phi) is 3.84. The van der Waals surface area contributed by atoms with E-state index in [1.165, 1.54) is 6.07 Å². The maximum Gasteiger partial charge on any atom is 0.322 e. The van der Waals surface area contributed by atoms with Gasteiger partial charge in [0.05, 0.1) is 0 Å². The summed E-state index contributed by atoms with van der Waals surface area (Å²) in [7, 11) is 0. The summed E-state index contributed by atoms with van der Waals surface area (Å²) < 4.78 is 0. The van der Waals surface area contributed by atoms with Crippen LogP contribution in [0.4, 0.5) is 5.69 Å². The van der Waals surface area contributed by atoms with E-state index in [1.807, 2.05) is 0 Å². The number of anilines is 1. The zero-order valence-electron chi connectivity index (χ0n) is 8.51. The van der Waals surface area contributed by atoms with Gasteiger partial charge in [-0.2, -0.15) is 0 Å². The molecule has 0 saturated carbocycles. The lowest BCUT2D eigenvalue weighted by molar-refractivity contribution is -0.138. The number of primary amides is 1. The Morgan fingerprint density at radius 1 is 1.44 bits per heavy atom. The smallest absolute Gasteiger partial charge is 0.322 e. The lowest BCUT2D eigenvalue weighted by Gasteiger charge is -2.10. The van der Waals surface area contributed by atoms with Crippen LogP contribution in [0, 0.1) is 0 Å². The van der Waals surface area contributed by atoms with Gasteiger partial charge in [0.1, 0.15) is 6.04 Å². The van der Waals surface area contributed by atoms with Crippen molar-refractivity contribution in [2.45, 2.75) is 6.04 Å². The largest absolute Gasteiger partial charge is 0.480 e. The van der Waals surface area contributed by atoms with Gasteiger partial charge in [0.25, 0.3) is 0 Å². The molecule has 1 rings (SSSR count). The number of hydrogen-bond donors (Lipinski definition) is 4. The van der Waals surface area contributed by atoms with Gasteiger partial charge in [-0.1, -0.05) is 6.07 Å². The lowest BCUT2D eigenvalue weighted by Crippen LogP contribution is -2.36. The molecule has 0 bridgehead atoms. The van der Waals surface area contributed by atoms with E-state index in [0.717, 1.165) is 0 Å². The molecule has 1 atom stereocenters. The summed E-state index contributed by atoms with van der Waals surface area (Å²) in [5, 5.41) is 11.4. The second kappa shape index (κ2) is 5.13. The molecule has 0 aliphatic carbocycles. The van der Waals surface area contributed by atoms with Gasteiger partial charge in [-0.3, -0.25) is 9.59 Å². The molecule has 6 heteroatoms. The van der Waals surface area contributed by atoms with E-state index in [9.17, 15) is 9.59 Å². The van der Waals surface area contributed by atoms with E-state index in [1.54, 1.807) is 18.2 Å². The van der Waals surface area contributed by atoms with Crippen LogP contribution >= 0.6 is 0 Å². The number of rotatable bonds is 5. The van der Waals surface area contributed by atoms with E-state index >= 15 is 0 Å². The third-order valence-electron chi connectivity index (χ3n) is 1.99. The summed E-state index contributed by atoms with van der Waals surface area (Å²) in [5.41, 5.74) is 11.4. The number of aliphatic carboxylic acids is 1. The Morgan fingerprint density at radius 3 is 2.69 bits per heavy atom. The molecule has 0 fully saturated rings. The highest BCUT2D eigenvalue weighted by Gasteiger charge is 2.10. The van der Waals surface area contributed by atoms with Crippen LogP contribution in [0.25, 0.3) is 0 Å². The maximum atomic E-state index is 10.9. The van der Waals surface area contributed by atoms with Crippen molar-refractivity contribution in [3.8, 4) is 0 Å². The number of carboxylic acids is 1. The van der Waals surface area contributed by atoms with Crippen molar-refractivity contribution in [1.82, 2.24) is 0 Å². The SMILES string of the molecule is NC(=O)c1cccc(NCC(N)C(=O)O)c1. The molecule has 16 heavy (non-hydrogen) atoms.